The van der Waals surface area contributed by atoms with E-state index in [9.17, 15) is 33.9 Å². The molecule has 0 saturated carbocycles. The number of amides is 4. The van der Waals surface area contributed by atoms with Crippen LogP contribution in [0.2, 0.25) is 0 Å². The molecule has 0 radical (unpaired) electrons. The molecule has 0 aliphatic carbocycles. The van der Waals surface area contributed by atoms with Crippen molar-refractivity contribution in [3.63, 3.8) is 0 Å². The number of carboxylic acid groups (broad SMARTS) is 1. The number of fused-ring (bicyclic) bond motifs is 1. The molecule has 37 heavy (non-hydrogen) atoms. The monoisotopic (exact) mass is 510 g/mol. The average Bonchev–Trinajstić information content (AvgIpc) is 2.99. The third kappa shape index (κ3) is 5.98. The van der Waals surface area contributed by atoms with Crippen LogP contribution in [0.15, 0.2) is 54.6 Å². The number of carboxylic acids is 1. The standard InChI is InChI=1S/C25H26N4O8/c1-16(31)28(18(14-30)12-23(33)34)29-21-11-7-6-10-20(21)27(22(32)15-37-2)13-19(25(29)36)26-24(35)17-8-4-3-5-9-17/h3-11,14,18-19H,12-13,15H2,1-2H3,(H,26,35)(H,33,34)/t18-,19-/m0/s1. The number of anilines is 2. The maximum absolute atomic E-state index is 13.9. The van der Waals surface area contributed by atoms with Gasteiger partial charge < -0.3 is 24.9 Å². The number of aldehydes is 1. The van der Waals surface area contributed by atoms with Crippen LogP contribution in [0, 0.1) is 0 Å². The minimum absolute atomic E-state index is 0.0425. The lowest BCUT2D eigenvalue weighted by atomic mass is 10.1. The predicted molar refractivity (Wildman–Crippen MR) is 130 cm³/mol. The Morgan fingerprint density at radius 3 is 2.30 bits per heavy atom. The number of carbonyl (C=O) groups is 6. The molecule has 0 spiro atoms. The fraction of sp³-hybridized carbons (Fsp3) is 0.280. The summed E-state index contributed by atoms with van der Waals surface area (Å²) in [4.78, 5) is 77.2. The molecular weight excluding hydrogens is 484 g/mol. The van der Waals surface area contributed by atoms with E-state index in [0.29, 0.717) is 0 Å². The molecule has 0 unspecified atom stereocenters. The number of nitrogens with zero attached hydrogens (tertiary/aromatic N) is 3. The van der Waals surface area contributed by atoms with E-state index >= 15 is 0 Å². The summed E-state index contributed by atoms with van der Waals surface area (Å²) in [6.45, 7) is 0.419. The van der Waals surface area contributed by atoms with Crippen LogP contribution in [0.3, 0.4) is 0 Å². The molecule has 0 fully saturated rings. The van der Waals surface area contributed by atoms with E-state index in [0.717, 1.165) is 16.9 Å². The van der Waals surface area contributed by atoms with Gasteiger partial charge in [0.1, 0.15) is 25.0 Å². The Balaban J connectivity index is 2.17. The second-order valence-corrected chi connectivity index (χ2v) is 8.13. The Morgan fingerprint density at radius 2 is 1.73 bits per heavy atom. The lowest BCUT2D eigenvalue weighted by Gasteiger charge is -2.38. The zero-order valence-corrected chi connectivity index (χ0v) is 20.2. The Morgan fingerprint density at radius 1 is 1.11 bits per heavy atom. The number of para-hydroxylation sites is 2. The minimum atomic E-state index is -1.54. The summed E-state index contributed by atoms with van der Waals surface area (Å²) in [7, 11) is 1.33. The molecule has 1 aliphatic rings. The van der Waals surface area contributed by atoms with Crippen molar-refractivity contribution in [2.75, 3.05) is 30.2 Å². The highest BCUT2D eigenvalue weighted by Gasteiger charge is 2.42. The van der Waals surface area contributed by atoms with Gasteiger partial charge in [-0.25, -0.2) is 10.0 Å². The third-order valence-corrected chi connectivity index (χ3v) is 5.58. The Bertz CT molecular complexity index is 1200. The first-order chi connectivity index (χ1) is 17.7. The van der Waals surface area contributed by atoms with Gasteiger partial charge in [0, 0.05) is 19.6 Å². The van der Waals surface area contributed by atoms with Crippen LogP contribution in [0.1, 0.15) is 23.7 Å². The van der Waals surface area contributed by atoms with Crippen LogP contribution in [0.5, 0.6) is 0 Å². The van der Waals surface area contributed by atoms with Gasteiger partial charge in [-0.2, -0.15) is 0 Å². The van der Waals surface area contributed by atoms with Gasteiger partial charge in [0.25, 0.3) is 17.7 Å². The van der Waals surface area contributed by atoms with Gasteiger partial charge in [-0.3, -0.25) is 24.0 Å². The predicted octanol–water partition coefficient (Wildman–Crippen LogP) is 0.617. The van der Waals surface area contributed by atoms with Gasteiger partial charge in [-0.1, -0.05) is 30.3 Å². The lowest BCUT2D eigenvalue weighted by molar-refractivity contribution is -0.145. The molecule has 3 rings (SSSR count). The van der Waals surface area contributed by atoms with Crippen LogP contribution < -0.4 is 15.2 Å². The summed E-state index contributed by atoms with van der Waals surface area (Å²) >= 11 is 0. The molecule has 2 atom stereocenters. The summed E-state index contributed by atoms with van der Waals surface area (Å²) in [5.74, 6) is -4.17. The van der Waals surface area contributed by atoms with Gasteiger partial charge >= 0.3 is 5.97 Å². The van der Waals surface area contributed by atoms with Crippen LogP contribution in [-0.2, 0) is 28.7 Å². The molecule has 194 valence electrons. The fourth-order valence-corrected chi connectivity index (χ4v) is 3.99. The number of aliphatic carboxylic acids is 1. The Labute approximate surface area is 212 Å². The van der Waals surface area contributed by atoms with E-state index in [-0.39, 0.29) is 36.4 Å². The average molecular weight is 511 g/mol. The van der Waals surface area contributed by atoms with Crippen molar-refractivity contribution in [1.29, 1.82) is 0 Å². The number of rotatable bonds is 9. The van der Waals surface area contributed by atoms with Gasteiger partial charge in [-0.15, -0.1) is 0 Å². The normalized spacial score (nSPS) is 15.7. The van der Waals surface area contributed by atoms with Crippen molar-refractivity contribution in [2.24, 2.45) is 0 Å². The summed E-state index contributed by atoms with van der Waals surface area (Å²) in [6.07, 6.45) is -0.524. The molecule has 12 nitrogen and oxygen atoms in total. The summed E-state index contributed by atoms with van der Waals surface area (Å²) in [5, 5.41) is 13.5. The minimum Gasteiger partial charge on any atom is -0.481 e. The molecule has 2 aromatic carbocycles. The van der Waals surface area contributed by atoms with E-state index in [1.807, 2.05) is 0 Å². The van der Waals surface area contributed by atoms with Crippen molar-refractivity contribution in [3.8, 4) is 0 Å². The van der Waals surface area contributed by atoms with Crippen molar-refractivity contribution in [2.45, 2.75) is 25.4 Å². The van der Waals surface area contributed by atoms with Crippen molar-refractivity contribution >= 4 is 47.3 Å². The number of ether oxygens (including phenoxy) is 1. The number of nitrogens with one attached hydrogen (secondary N) is 1. The summed E-state index contributed by atoms with van der Waals surface area (Å²) in [6, 6.07) is 11.3. The van der Waals surface area contributed by atoms with E-state index in [4.69, 9.17) is 4.74 Å². The lowest BCUT2D eigenvalue weighted by Crippen LogP contribution is -2.61. The SMILES string of the molecule is COCC(=O)N1C[C@H](NC(=O)c2ccccc2)C(=O)N(N(C(C)=O)[C@H](C=O)CC(=O)O)c2ccccc21. The zero-order valence-electron chi connectivity index (χ0n) is 20.2. The number of hydrogen-bond acceptors (Lipinski definition) is 7. The number of benzene rings is 2. The summed E-state index contributed by atoms with van der Waals surface area (Å²) in [5.41, 5.74) is 0.486. The molecule has 0 saturated heterocycles. The first kappa shape index (κ1) is 27.0. The first-order valence-electron chi connectivity index (χ1n) is 11.2. The largest absolute Gasteiger partial charge is 0.481 e. The highest BCUT2D eigenvalue weighted by molar-refractivity contribution is 6.10. The van der Waals surface area contributed by atoms with Gasteiger partial charge in [0.2, 0.25) is 5.91 Å². The highest BCUT2D eigenvalue weighted by Crippen LogP contribution is 2.35. The van der Waals surface area contributed by atoms with Crippen molar-refractivity contribution < 1.29 is 38.6 Å². The molecule has 1 aliphatic heterocycles. The second-order valence-electron chi connectivity index (χ2n) is 8.13. The number of hydrogen-bond donors (Lipinski definition) is 2. The van der Waals surface area contributed by atoms with E-state index in [1.165, 1.54) is 36.3 Å². The fourth-order valence-electron chi connectivity index (χ4n) is 3.99. The molecule has 1 heterocycles. The van der Waals surface area contributed by atoms with E-state index in [2.05, 4.69) is 5.32 Å². The maximum atomic E-state index is 13.9. The molecule has 4 amide bonds. The molecule has 12 heteroatoms. The molecule has 0 bridgehead atoms. The molecule has 2 aromatic rings. The Kier molecular flexibility index (Phi) is 8.69. The topological polar surface area (TPSA) is 154 Å². The number of methoxy groups -OCH3 is 1. The first-order valence-corrected chi connectivity index (χ1v) is 11.2. The van der Waals surface area contributed by atoms with E-state index < -0.39 is 48.1 Å². The van der Waals surface area contributed by atoms with Gasteiger partial charge in [0.15, 0.2) is 0 Å². The Hall–Kier alpha value is -4.58. The summed E-state index contributed by atoms with van der Waals surface area (Å²) < 4.78 is 4.98. The van der Waals surface area contributed by atoms with Crippen LogP contribution in [0.4, 0.5) is 11.4 Å². The van der Waals surface area contributed by atoms with Crippen LogP contribution in [0.25, 0.3) is 0 Å². The number of hydrazine groups is 1. The van der Waals surface area contributed by atoms with Crippen molar-refractivity contribution in [3.05, 3.63) is 60.2 Å². The third-order valence-electron chi connectivity index (χ3n) is 5.58. The smallest absolute Gasteiger partial charge is 0.305 e. The molecular formula is C25H26N4O8. The van der Waals surface area contributed by atoms with Crippen molar-refractivity contribution in [1.82, 2.24) is 10.3 Å². The van der Waals surface area contributed by atoms with Gasteiger partial charge in [-0.05, 0) is 24.3 Å². The zero-order chi connectivity index (χ0) is 27.1. The second kappa shape index (κ2) is 11.9. The highest BCUT2D eigenvalue weighted by atomic mass is 16.5. The van der Waals surface area contributed by atoms with E-state index in [1.54, 1.807) is 30.3 Å². The van der Waals surface area contributed by atoms with Crippen LogP contribution >= 0.6 is 0 Å². The molecule has 0 aromatic heterocycles. The quantitative estimate of drug-likeness (QED) is 0.466. The molecule has 2 N–H and O–H groups in total. The number of carbonyl (C=O) groups excluding carboxylic acids is 5. The maximum Gasteiger partial charge on any atom is 0.305 e. The van der Waals surface area contributed by atoms with Gasteiger partial charge in [0.05, 0.1) is 24.3 Å². The van der Waals surface area contributed by atoms with Crippen LogP contribution in [-0.4, -0.2) is 78.3 Å².